The summed E-state index contributed by atoms with van der Waals surface area (Å²) in [7, 11) is 0. The van der Waals surface area contributed by atoms with Crippen molar-refractivity contribution >= 4 is 23.0 Å². The predicted octanol–water partition coefficient (Wildman–Crippen LogP) is 5.05. The van der Waals surface area contributed by atoms with E-state index in [4.69, 9.17) is 0 Å². The normalized spacial score (nSPS) is 15.4. The molecule has 0 saturated carbocycles. The van der Waals surface area contributed by atoms with Crippen molar-refractivity contribution in [3.63, 3.8) is 0 Å². The van der Waals surface area contributed by atoms with E-state index in [0.717, 1.165) is 30.8 Å². The second kappa shape index (κ2) is 8.33. The van der Waals surface area contributed by atoms with Gasteiger partial charge in [-0.15, -0.1) is 0 Å². The van der Waals surface area contributed by atoms with Crippen molar-refractivity contribution < 1.29 is 9.90 Å². The van der Waals surface area contributed by atoms with Gasteiger partial charge in [0.15, 0.2) is 0 Å². The van der Waals surface area contributed by atoms with Gasteiger partial charge in [0.2, 0.25) is 0 Å². The number of carboxylic acids is 1. The molecule has 30 heavy (non-hydrogen) atoms. The highest BCUT2D eigenvalue weighted by Gasteiger charge is 2.33. The zero-order valence-corrected chi connectivity index (χ0v) is 19.5. The van der Waals surface area contributed by atoms with Gasteiger partial charge in [0.25, 0.3) is 0 Å². The van der Waals surface area contributed by atoms with Gasteiger partial charge in [-0.25, -0.2) is 0 Å². The van der Waals surface area contributed by atoms with Crippen molar-refractivity contribution in [2.75, 3.05) is 22.9 Å². The highest BCUT2D eigenvalue weighted by molar-refractivity contribution is 5.94. The van der Waals surface area contributed by atoms with E-state index in [1.165, 1.54) is 11.3 Å². The average molecular weight is 408 g/mol. The number of hydrogen-bond donors (Lipinski definition) is 0. The summed E-state index contributed by atoms with van der Waals surface area (Å²) >= 11 is 0. The second-order valence-corrected chi connectivity index (χ2v) is 9.89. The number of carboxylic acid groups (broad SMARTS) is 1. The molecule has 162 valence electrons. The first-order chi connectivity index (χ1) is 14.0. The van der Waals surface area contributed by atoms with Crippen molar-refractivity contribution in [2.24, 2.45) is 5.92 Å². The Kier molecular flexibility index (Phi) is 6.16. The number of benzene rings is 2. The number of fused-ring (bicyclic) bond motifs is 1. The molecule has 1 aliphatic heterocycles. The van der Waals surface area contributed by atoms with Crippen LogP contribution in [-0.2, 0) is 5.41 Å². The fourth-order valence-electron chi connectivity index (χ4n) is 4.52. The van der Waals surface area contributed by atoms with Crippen LogP contribution < -0.4 is 14.9 Å². The maximum absolute atomic E-state index is 11.8. The number of para-hydroxylation sites is 1. The Labute approximate surface area is 181 Å². The first kappa shape index (κ1) is 22.2. The molecule has 0 amide bonds. The summed E-state index contributed by atoms with van der Waals surface area (Å²) in [4.78, 5) is 16.5. The third-order valence-corrected chi connectivity index (χ3v) is 6.21. The minimum atomic E-state index is -1.14. The van der Waals surface area contributed by atoms with Gasteiger partial charge in [0, 0.05) is 36.1 Å². The molecule has 1 heterocycles. The summed E-state index contributed by atoms with van der Waals surface area (Å²) in [5.41, 5.74) is 5.88. The lowest BCUT2D eigenvalue weighted by Gasteiger charge is -2.43. The molecule has 0 fully saturated rings. The Bertz CT molecular complexity index is 931. The zero-order chi connectivity index (χ0) is 22.2. The Morgan fingerprint density at radius 2 is 1.80 bits per heavy atom. The lowest BCUT2D eigenvalue weighted by molar-refractivity contribution is -0.254. The van der Waals surface area contributed by atoms with Crippen molar-refractivity contribution in [3.8, 4) is 0 Å². The van der Waals surface area contributed by atoms with Gasteiger partial charge in [0.1, 0.15) is 0 Å². The molecule has 0 aliphatic carbocycles. The molecule has 0 saturated heterocycles. The quantitative estimate of drug-likeness (QED) is 0.672. The van der Waals surface area contributed by atoms with Gasteiger partial charge >= 0.3 is 0 Å². The number of anilines is 3. The van der Waals surface area contributed by atoms with Gasteiger partial charge in [0.05, 0.1) is 11.7 Å². The topological polar surface area (TPSA) is 46.6 Å². The van der Waals surface area contributed by atoms with Crippen LogP contribution in [0.5, 0.6) is 0 Å². The smallest absolute Gasteiger partial charge is 0.0736 e. The highest BCUT2D eigenvalue weighted by Crippen LogP contribution is 2.45. The van der Waals surface area contributed by atoms with Crippen LogP contribution in [0, 0.1) is 12.8 Å². The zero-order valence-electron chi connectivity index (χ0n) is 19.5. The molecule has 2 aromatic rings. The molecule has 3 rings (SSSR count). The largest absolute Gasteiger partial charge is 0.545 e. The van der Waals surface area contributed by atoms with E-state index in [0.29, 0.717) is 17.6 Å². The van der Waals surface area contributed by atoms with E-state index >= 15 is 0 Å². The van der Waals surface area contributed by atoms with Crippen LogP contribution in [0.3, 0.4) is 0 Å². The number of carbonyl (C=O) groups is 1. The first-order valence-corrected chi connectivity index (χ1v) is 11.0. The summed E-state index contributed by atoms with van der Waals surface area (Å²) in [5, 5.41) is 11.8. The number of nitrogens with zero attached hydrogens (tertiary/aromatic N) is 2. The highest BCUT2D eigenvalue weighted by atomic mass is 16.4. The van der Waals surface area contributed by atoms with Gasteiger partial charge in [-0.05, 0) is 67.9 Å². The lowest BCUT2D eigenvalue weighted by Crippen LogP contribution is -2.41. The van der Waals surface area contributed by atoms with E-state index < -0.39 is 5.97 Å². The van der Waals surface area contributed by atoms with E-state index in [2.05, 4.69) is 70.4 Å². The van der Waals surface area contributed by atoms with Gasteiger partial charge in [-0.2, -0.15) is 0 Å². The van der Waals surface area contributed by atoms with Gasteiger partial charge < -0.3 is 19.7 Å². The fraction of sp³-hybridized carbons (Fsp3) is 0.500. The van der Waals surface area contributed by atoms with Crippen molar-refractivity contribution in [3.05, 3.63) is 53.1 Å². The minimum Gasteiger partial charge on any atom is -0.545 e. The molecule has 4 nitrogen and oxygen atoms in total. The molecule has 4 heteroatoms. The average Bonchev–Trinajstić information content (AvgIpc) is 2.65. The van der Waals surface area contributed by atoms with E-state index in [9.17, 15) is 9.90 Å². The first-order valence-electron chi connectivity index (χ1n) is 11.0. The van der Waals surface area contributed by atoms with Crippen molar-refractivity contribution in [1.29, 1.82) is 0 Å². The number of carbonyl (C=O) groups excluding carboxylic acids is 1. The SMILES string of the molecule is Cc1cc2c(cc1N(CC(C)C)c1ccccc1C(=O)[O-])C(C)(C)CCN2C(C)C. The number of aryl methyl sites for hydroxylation is 1. The molecule has 0 bridgehead atoms. The number of aromatic carboxylic acids is 1. The molecule has 2 aromatic carbocycles. The van der Waals surface area contributed by atoms with Gasteiger partial charge in [-0.3, -0.25) is 0 Å². The third-order valence-electron chi connectivity index (χ3n) is 6.21. The molecule has 0 unspecified atom stereocenters. The lowest BCUT2D eigenvalue weighted by atomic mass is 9.76. The van der Waals surface area contributed by atoms with E-state index in [1.54, 1.807) is 12.1 Å². The Balaban J connectivity index is 2.22. The van der Waals surface area contributed by atoms with Crippen LogP contribution in [-0.4, -0.2) is 25.1 Å². The van der Waals surface area contributed by atoms with Crippen LogP contribution in [0.4, 0.5) is 17.1 Å². The van der Waals surface area contributed by atoms with Crippen molar-refractivity contribution in [1.82, 2.24) is 0 Å². The van der Waals surface area contributed by atoms with Crippen LogP contribution >= 0.6 is 0 Å². The van der Waals surface area contributed by atoms with E-state index in [-0.39, 0.29) is 11.0 Å². The number of rotatable bonds is 6. The minimum absolute atomic E-state index is 0.0700. The molecule has 0 aromatic heterocycles. The van der Waals surface area contributed by atoms with Crippen LogP contribution in [0.15, 0.2) is 36.4 Å². The Morgan fingerprint density at radius 1 is 1.13 bits per heavy atom. The number of hydrogen-bond acceptors (Lipinski definition) is 4. The molecule has 0 spiro atoms. The second-order valence-electron chi connectivity index (χ2n) is 9.89. The van der Waals surface area contributed by atoms with Crippen LogP contribution in [0.1, 0.15) is 69.4 Å². The monoisotopic (exact) mass is 407 g/mol. The summed E-state index contributed by atoms with van der Waals surface area (Å²) in [6.07, 6.45) is 1.10. The maximum Gasteiger partial charge on any atom is 0.0736 e. The summed E-state index contributed by atoms with van der Waals surface area (Å²) in [6, 6.07) is 12.2. The van der Waals surface area contributed by atoms with Crippen LogP contribution in [0.25, 0.3) is 0 Å². The summed E-state index contributed by atoms with van der Waals surface area (Å²) in [6.45, 7) is 17.3. The molecule has 0 N–H and O–H groups in total. The Hall–Kier alpha value is -2.49. The maximum atomic E-state index is 11.8. The van der Waals surface area contributed by atoms with Crippen LogP contribution in [0.2, 0.25) is 0 Å². The standard InChI is InChI=1S/C26H36N2O2/c1-17(2)16-28(22-11-9-8-10-20(22)25(29)30)23-15-21-24(14-19(23)5)27(18(3)4)13-12-26(21,6)7/h8-11,14-15,17-18H,12-13,16H2,1-7H3,(H,29,30)/p-1. The summed E-state index contributed by atoms with van der Waals surface area (Å²) in [5.74, 6) is -0.767. The Morgan fingerprint density at radius 3 is 2.40 bits per heavy atom. The molecule has 0 radical (unpaired) electrons. The fourth-order valence-corrected chi connectivity index (χ4v) is 4.52. The third kappa shape index (κ3) is 4.19. The van der Waals surface area contributed by atoms with Crippen molar-refractivity contribution in [2.45, 2.75) is 66.3 Å². The summed E-state index contributed by atoms with van der Waals surface area (Å²) < 4.78 is 0. The molecule has 1 aliphatic rings. The van der Waals surface area contributed by atoms with E-state index in [1.807, 2.05) is 12.1 Å². The molecular formula is C26H35N2O2-. The molecular weight excluding hydrogens is 372 g/mol. The predicted molar refractivity (Wildman–Crippen MR) is 124 cm³/mol. The van der Waals surface area contributed by atoms with Gasteiger partial charge in [-0.1, -0.05) is 45.9 Å². The molecule has 0 atom stereocenters.